The lowest BCUT2D eigenvalue weighted by Gasteiger charge is -2.18. The first-order valence-electron chi connectivity index (χ1n) is 4.95. The number of benzene rings is 1. The number of hydrogen-bond acceptors (Lipinski definition) is 4. The lowest BCUT2D eigenvalue weighted by atomic mass is 10.0. The quantitative estimate of drug-likeness (QED) is 0.827. The highest BCUT2D eigenvalue weighted by molar-refractivity contribution is 6.42. The Kier molecular flexibility index (Phi) is 5.21. The molecule has 1 rings (SSSR count). The number of aliphatic hydroxyl groups excluding tert-OH is 2. The summed E-state index contributed by atoms with van der Waals surface area (Å²) in [4.78, 5) is 11.2. The minimum atomic E-state index is -1.69. The van der Waals surface area contributed by atoms with Gasteiger partial charge in [0.1, 0.15) is 6.10 Å². The van der Waals surface area contributed by atoms with Gasteiger partial charge in [-0.2, -0.15) is 0 Å². The Morgan fingerprint density at radius 2 is 2.06 bits per heavy atom. The van der Waals surface area contributed by atoms with Crippen LogP contribution in [0.4, 0.5) is 0 Å². The van der Waals surface area contributed by atoms with Gasteiger partial charge < -0.3 is 14.9 Å². The minimum absolute atomic E-state index is 0.102. The third kappa shape index (κ3) is 3.33. The van der Waals surface area contributed by atoms with Gasteiger partial charge in [0.15, 0.2) is 6.10 Å². The van der Waals surface area contributed by atoms with Crippen molar-refractivity contribution in [3.8, 4) is 0 Å². The molecule has 0 aliphatic rings. The Labute approximate surface area is 109 Å². The van der Waals surface area contributed by atoms with Crippen LogP contribution in [0.1, 0.15) is 18.6 Å². The van der Waals surface area contributed by atoms with Crippen molar-refractivity contribution in [2.75, 3.05) is 6.61 Å². The van der Waals surface area contributed by atoms with Gasteiger partial charge in [-0.05, 0) is 13.0 Å². The summed E-state index contributed by atoms with van der Waals surface area (Å²) in [6, 6.07) is 4.57. The summed E-state index contributed by atoms with van der Waals surface area (Å²) in [5.74, 6) is -0.906. The van der Waals surface area contributed by atoms with Crippen LogP contribution in [0.3, 0.4) is 0 Å². The molecule has 2 atom stereocenters. The second-order valence-electron chi connectivity index (χ2n) is 3.28. The van der Waals surface area contributed by atoms with Crippen molar-refractivity contribution in [3.05, 3.63) is 33.8 Å². The average Bonchev–Trinajstić information content (AvgIpc) is 2.31. The molecule has 0 spiro atoms. The van der Waals surface area contributed by atoms with E-state index in [1.807, 2.05) is 0 Å². The van der Waals surface area contributed by atoms with E-state index in [1.54, 1.807) is 13.0 Å². The van der Waals surface area contributed by atoms with Crippen molar-refractivity contribution in [2.24, 2.45) is 0 Å². The van der Waals surface area contributed by atoms with Crippen LogP contribution in [0.5, 0.6) is 0 Å². The van der Waals surface area contributed by atoms with Crippen LogP contribution in [-0.2, 0) is 9.53 Å². The third-order valence-electron chi connectivity index (χ3n) is 2.13. The number of rotatable bonds is 4. The summed E-state index contributed by atoms with van der Waals surface area (Å²) in [6.45, 7) is 1.72. The highest BCUT2D eigenvalue weighted by atomic mass is 35.5. The van der Waals surface area contributed by atoms with Crippen LogP contribution >= 0.6 is 23.2 Å². The molecule has 1 aromatic carbocycles. The van der Waals surface area contributed by atoms with E-state index in [4.69, 9.17) is 23.2 Å². The van der Waals surface area contributed by atoms with Crippen LogP contribution in [0, 0.1) is 0 Å². The van der Waals surface area contributed by atoms with Crippen molar-refractivity contribution in [1.29, 1.82) is 0 Å². The standard InChI is InChI=1S/C11H12Cl2O4/c1-2-17-11(16)10(15)9(14)6-4-3-5-7(12)8(6)13/h3-5,9-10,14-15H,2H2,1H3. The maximum absolute atomic E-state index is 11.2. The molecular weight excluding hydrogens is 267 g/mol. The summed E-state index contributed by atoms with van der Waals surface area (Å²) in [5, 5.41) is 19.7. The number of ether oxygens (including phenoxy) is 1. The molecular formula is C11H12Cl2O4. The van der Waals surface area contributed by atoms with Crippen LogP contribution in [0.15, 0.2) is 18.2 Å². The fourth-order valence-electron chi connectivity index (χ4n) is 1.28. The van der Waals surface area contributed by atoms with Gasteiger partial charge in [-0.15, -0.1) is 0 Å². The van der Waals surface area contributed by atoms with Gasteiger partial charge in [0.05, 0.1) is 16.7 Å². The second kappa shape index (κ2) is 6.21. The molecule has 6 heteroatoms. The minimum Gasteiger partial charge on any atom is -0.464 e. The Balaban J connectivity index is 2.92. The van der Waals surface area contributed by atoms with E-state index in [0.717, 1.165) is 0 Å². The smallest absolute Gasteiger partial charge is 0.338 e. The molecule has 0 saturated heterocycles. The summed E-state index contributed by atoms with van der Waals surface area (Å²) in [5.41, 5.74) is 0.180. The largest absolute Gasteiger partial charge is 0.464 e. The summed E-state index contributed by atoms with van der Waals surface area (Å²) < 4.78 is 4.59. The maximum Gasteiger partial charge on any atom is 0.338 e. The summed E-state index contributed by atoms with van der Waals surface area (Å²) >= 11 is 11.6. The molecule has 1 aromatic rings. The van der Waals surface area contributed by atoms with Crippen LogP contribution in [0.25, 0.3) is 0 Å². The molecule has 0 fully saturated rings. The molecule has 0 amide bonds. The molecule has 2 unspecified atom stereocenters. The highest BCUT2D eigenvalue weighted by Crippen LogP contribution is 2.31. The number of hydrogen-bond donors (Lipinski definition) is 2. The van der Waals surface area contributed by atoms with E-state index in [0.29, 0.717) is 0 Å². The van der Waals surface area contributed by atoms with Crippen molar-refractivity contribution < 1.29 is 19.7 Å². The monoisotopic (exact) mass is 278 g/mol. The van der Waals surface area contributed by atoms with Crippen LogP contribution < -0.4 is 0 Å². The zero-order chi connectivity index (χ0) is 13.0. The Hall–Kier alpha value is -0.810. The number of esters is 1. The van der Waals surface area contributed by atoms with Crippen LogP contribution in [0.2, 0.25) is 10.0 Å². The Morgan fingerprint density at radius 3 is 2.65 bits per heavy atom. The van der Waals surface area contributed by atoms with Gasteiger partial charge in [-0.25, -0.2) is 4.79 Å². The summed E-state index contributed by atoms with van der Waals surface area (Å²) in [6.07, 6.45) is -3.16. The predicted octanol–water partition coefficient (Wildman–Crippen LogP) is 1.95. The van der Waals surface area contributed by atoms with E-state index in [1.165, 1.54) is 12.1 Å². The molecule has 0 heterocycles. The van der Waals surface area contributed by atoms with Gasteiger partial charge in [-0.3, -0.25) is 0 Å². The lowest BCUT2D eigenvalue weighted by molar-refractivity contribution is -0.159. The zero-order valence-electron chi connectivity index (χ0n) is 9.06. The zero-order valence-corrected chi connectivity index (χ0v) is 10.6. The van der Waals surface area contributed by atoms with E-state index >= 15 is 0 Å². The molecule has 0 aliphatic carbocycles. The number of halogens is 2. The Bertz CT molecular complexity index is 408. The van der Waals surface area contributed by atoms with E-state index in [9.17, 15) is 15.0 Å². The Morgan fingerprint density at radius 1 is 1.41 bits per heavy atom. The predicted molar refractivity (Wildman–Crippen MR) is 64.1 cm³/mol. The molecule has 94 valence electrons. The molecule has 0 radical (unpaired) electrons. The van der Waals surface area contributed by atoms with Gasteiger partial charge in [0, 0.05) is 5.56 Å². The maximum atomic E-state index is 11.2. The van der Waals surface area contributed by atoms with Gasteiger partial charge in [-0.1, -0.05) is 35.3 Å². The lowest BCUT2D eigenvalue weighted by Crippen LogP contribution is -2.30. The second-order valence-corrected chi connectivity index (χ2v) is 4.07. The molecule has 0 aromatic heterocycles. The first kappa shape index (κ1) is 14.3. The fourth-order valence-corrected chi connectivity index (χ4v) is 1.70. The fraction of sp³-hybridized carbons (Fsp3) is 0.364. The van der Waals surface area contributed by atoms with Crippen LogP contribution in [-0.4, -0.2) is 28.9 Å². The third-order valence-corrected chi connectivity index (χ3v) is 2.96. The van der Waals surface area contributed by atoms with Crippen molar-refractivity contribution in [2.45, 2.75) is 19.1 Å². The van der Waals surface area contributed by atoms with Crippen molar-refractivity contribution in [3.63, 3.8) is 0 Å². The van der Waals surface area contributed by atoms with Gasteiger partial charge >= 0.3 is 5.97 Å². The summed E-state index contributed by atoms with van der Waals surface area (Å²) in [7, 11) is 0. The average molecular weight is 279 g/mol. The van der Waals surface area contributed by atoms with E-state index in [2.05, 4.69) is 4.74 Å². The topological polar surface area (TPSA) is 66.8 Å². The molecule has 0 saturated carbocycles. The molecule has 0 bridgehead atoms. The normalized spacial score (nSPS) is 14.2. The van der Waals surface area contributed by atoms with Crippen molar-refractivity contribution >= 4 is 29.2 Å². The van der Waals surface area contributed by atoms with E-state index < -0.39 is 18.2 Å². The number of carbonyl (C=O) groups is 1. The number of aliphatic hydroxyl groups is 2. The van der Waals surface area contributed by atoms with Gasteiger partial charge in [0.25, 0.3) is 0 Å². The first-order valence-corrected chi connectivity index (χ1v) is 5.71. The molecule has 4 nitrogen and oxygen atoms in total. The SMILES string of the molecule is CCOC(=O)C(O)C(O)c1cccc(Cl)c1Cl. The number of carbonyl (C=O) groups excluding carboxylic acids is 1. The first-order chi connectivity index (χ1) is 7.99. The molecule has 0 aliphatic heterocycles. The molecule has 2 N–H and O–H groups in total. The van der Waals surface area contributed by atoms with Crippen molar-refractivity contribution in [1.82, 2.24) is 0 Å². The van der Waals surface area contributed by atoms with Gasteiger partial charge in [0.2, 0.25) is 0 Å². The van der Waals surface area contributed by atoms with E-state index in [-0.39, 0.29) is 22.2 Å². The molecule has 17 heavy (non-hydrogen) atoms. The highest BCUT2D eigenvalue weighted by Gasteiger charge is 2.28.